The molecule has 138 valence electrons. The Labute approximate surface area is 149 Å². The van der Waals surface area contributed by atoms with Crippen molar-refractivity contribution in [1.29, 1.82) is 0 Å². The first kappa shape index (κ1) is 19.3. The van der Waals surface area contributed by atoms with Crippen molar-refractivity contribution in [2.45, 2.75) is 32.9 Å². The first-order valence-electron chi connectivity index (χ1n) is 7.98. The normalized spacial score (nSPS) is 10.8. The number of amides is 1. The Morgan fingerprint density at radius 3 is 2.35 bits per heavy atom. The predicted molar refractivity (Wildman–Crippen MR) is 94.4 cm³/mol. The van der Waals surface area contributed by atoms with E-state index in [-0.39, 0.29) is 35.1 Å². The standard InChI is InChI=1S/C18H19F2N3O3/c1-11(2)22-18(24)14-7-8-15(16(9-14)23(25)26)21-10-12-3-5-13(6-4-12)17(19)20/h3-9,11,17,21H,10H2,1-2H3,(H,22,24). The summed E-state index contributed by atoms with van der Waals surface area (Å²) >= 11 is 0. The van der Waals surface area contributed by atoms with Crippen LogP contribution in [0.1, 0.15) is 41.8 Å². The molecular weight excluding hydrogens is 344 g/mol. The van der Waals surface area contributed by atoms with Crippen LogP contribution in [0.25, 0.3) is 0 Å². The minimum absolute atomic E-state index is 0.0831. The van der Waals surface area contributed by atoms with E-state index < -0.39 is 17.3 Å². The second kappa shape index (κ2) is 8.37. The van der Waals surface area contributed by atoms with Crippen LogP contribution in [0.5, 0.6) is 0 Å². The number of nitrogens with zero attached hydrogens (tertiary/aromatic N) is 1. The van der Waals surface area contributed by atoms with Crippen LogP contribution >= 0.6 is 0 Å². The van der Waals surface area contributed by atoms with E-state index in [1.807, 2.05) is 0 Å². The third-order valence-corrected chi connectivity index (χ3v) is 3.59. The quantitative estimate of drug-likeness (QED) is 0.568. The SMILES string of the molecule is CC(C)NC(=O)c1ccc(NCc2ccc(C(F)F)cc2)c([N+](=O)[O-])c1. The average molecular weight is 363 g/mol. The van der Waals surface area contributed by atoms with E-state index in [1.165, 1.54) is 42.5 Å². The molecule has 0 spiro atoms. The van der Waals surface area contributed by atoms with Gasteiger partial charge in [-0.2, -0.15) is 0 Å². The van der Waals surface area contributed by atoms with Crippen LogP contribution in [0.2, 0.25) is 0 Å². The van der Waals surface area contributed by atoms with Crippen molar-refractivity contribution < 1.29 is 18.5 Å². The number of carbonyl (C=O) groups excluding carboxylic acids is 1. The van der Waals surface area contributed by atoms with Gasteiger partial charge in [0.2, 0.25) is 0 Å². The highest BCUT2D eigenvalue weighted by Crippen LogP contribution is 2.26. The zero-order valence-electron chi connectivity index (χ0n) is 14.3. The van der Waals surface area contributed by atoms with Crippen LogP contribution in [0.15, 0.2) is 42.5 Å². The minimum Gasteiger partial charge on any atom is -0.375 e. The third-order valence-electron chi connectivity index (χ3n) is 3.59. The maximum Gasteiger partial charge on any atom is 0.293 e. The van der Waals surface area contributed by atoms with Crippen LogP contribution in [0.3, 0.4) is 0 Å². The van der Waals surface area contributed by atoms with Crippen LogP contribution in [0, 0.1) is 10.1 Å². The van der Waals surface area contributed by atoms with Gasteiger partial charge in [0, 0.05) is 29.8 Å². The van der Waals surface area contributed by atoms with Crippen LogP contribution in [-0.4, -0.2) is 16.9 Å². The number of carbonyl (C=O) groups is 1. The molecule has 2 aromatic carbocycles. The third kappa shape index (κ3) is 4.98. The van der Waals surface area contributed by atoms with Crippen LogP contribution in [-0.2, 0) is 6.54 Å². The molecule has 0 saturated carbocycles. The predicted octanol–water partition coefficient (Wildman–Crippen LogP) is 4.28. The van der Waals surface area contributed by atoms with Crippen molar-refractivity contribution in [3.8, 4) is 0 Å². The first-order chi connectivity index (χ1) is 12.3. The van der Waals surface area contributed by atoms with E-state index in [0.717, 1.165) is 0 Å². The fourth-order valence-electron chi connectivity index (χ4n) is 2.30. The zero-order chi connectivity index (χ0) is 19.3. The number of halogens is 2. The topological polar surface area (TPSA) is 84.3 Å². The molecule has 2 aromatic rings. The van der Waals surface area contributed by atoms with Crippen molar-refractivity contribution in [2.24, 2.45) is 0 Å². The van der Waals surface area contributed by atoms with Crippen molar-refractivity contribution in [3.63, 3.8) is 0 Å². The number of alkyl halides is 2. The molecule has 8 heteroatoms. The van der Waals surface area contributed by atoms with Crippen molar-refractivity contribution >= 4 is 17.3 Å². The fourth-order valence-corrected chi connectivity index (χ4v) is 2.30. The van der Waals surface area contributed by atoms with E-state index >= 15 is 0 Å². The lowest BCUT2D eigenvalue weighted by Crippen LogP contribution is -2.30. The van der Waals surface area contributed by atoms with Gasteiger partial charge in [0.05, 0.1) is 4.92 Å². The summed E-state index contributed by atoms with van der Waals surface area (Å²) in [6.45, 7) is 3.81. The molecule has 2 rings (SSSR count). The average Bonchev–Trinajstić information content (AvgIpc) is 2.59. The highest BCUT2D eigenvalue weighted by molar-refractivity contribution is 5.95. The maximum absolute atomic E-state index is 12.6. The number of anilines is 1. The molecule has 0 aromatic heterocycles. The Morgan fingerprint density at radius 1 is 1.15 bits per heavy atom. The van der Waals surface area contributed by atoms with Gasteiger partial charge in [-0.15, -0.1) is 0 Å². The molecule has 0 atom stereocenters. The summed E-state index contributed by atoms with van der Waals surface area (Å²) in [5.41, 5.74) is 0.822. The number of nitrogens with one attached hydrogen (secondary N) is 2. The highest BCUT2D eigenvalue weighted by atomic mass is 19.3. The second-order valence-electron chi connectivity index (χ2n) is 6.01. The summed E-state index contributed by atoms with van der Waals surface area (Å²) in [6, 6.07) is 9.77. The molecule has 1 amide bonds. The van der Waals surface area contributed by atoms with Gasteiger partial charge in [-0.05, 0) is 31.5 Å². The Hall–Kier alpha value is -3.03. The number of benzene rings is 2. The van der Waals surface area contributed by atoms with Crippen LogP contribution in [0.4, 0.5) is 20.2 Å². The molecule has 0 radical (unpaired) electrons. The maximum atomic E-state index is 12.6. The number of hydrogen-bond acceptors (Lipinski definition) is 4. The highest BCUT2D eigenvalue weighted by Gasteiger charge is 2.18. The molecule has 0 bridgehead atoms. The van der Waals surface area contributed by atoms with Gasteiger partial charge in [-0.3, -0.25) is 14.9 Å². The molecule has 2 N–H and O–H groups in total. The van der Waals surface area contributed by atoms with E-state index in [9.17, 15) is 23.7 Å². The molecule has 0 unspecified atom stereocenters. The Bertz CT molecular complexity index is 793. The second-order valence-corrected chi connectivity index (χ2v) is 6.01. The largest absolute Gasteiger partial charge is 0.375 e. The number of rotatable bonds is 7. The van der Waals surface area contributed by atoms with E-state index in [1.54, 1.807) is 13.8 Å². The van der Waals surface area contributed by atoms with E-state index in [2.05, 4.69) is 10.6 Å². The van der Waals surface area contributed by atoms with Crippen molar-refractivity contribution in [2.75, 3.05) is 5.32 Å². The number of hydrogen-bond donors (Lipinski definition) is 2. The summed E-state index contributed by atoms with van der Waals surface area (Å²) in [5, 5.41) is 16.9. The van der Waals surface area contributed by atoms with Gasteiger partial charge in [0.15, 0.2) is 0 Å². The molecule has 0 aliphatic heterocycles. The molecular formula is C18H19F2N3O3. The molecule has 0 aliphatic carbocycles. The summed E-state index contributed by atoms with van der Waals surface area (Å²) in [5.74, 6) is -0.391. The van der Waals surface area contributed by atoms with Gasteiger partial charge in [0.25, 0.3) is 18.0 Å². The Balaban J connectivity index is 2.15. The van der Waals surface area contributed by atoms with Gasteiger partial charge < -0.3 is 10.6 Å². The lowest BCUT2D eigenvalue weighted by molar-refractivity contribution is -0.384. The lowest BCUT2D eigenvalue weighted by Gasteiger charge is -2.11. The lowest BCUT2D eigenvalue weighted by atomic mass is 10.1. The van der Waals surface area contributed by atoms with E-state index in [4.69, 9.17) is 0 Å². The number of nitro groups is 1. The zero-order valence-corrected chi connectivity index (χ0v) is 14.3. The molecule has 0 aliphatic rings. The summed E-state index contributed by atoms with van der Waals surface area (Å²) in [4.78, 5) is 22.7. The van der Waals surface area contributed by atoms with Gasteiger partial charge in [0.1, 0.15) is 5.69 Å². The molecule has 0 saturated heterocycles. The van der Waals surface area contributed by atoms with Gasteiger partial charge in [-0.1, -0.05) is 24.3 Å². The van der Waals surface area contributed by atoms with E-state index in [0.29, 0.717) is 5.56 Å². The summed E-state index contributed by atoms with van der Waals surface area (Å²) in [7, 11) is 0. The fraction of sp³-hybridized carbons (Fsp3) is 0.278. The van der Waals surface area contributed by atoms with Crippen molar-refractivity contribution in [1.82, 2.24) is 5.32 Å². The van der Waals surface area contributed by atoms with Gasteiger partial charge >= 0.3 is 0 Å². The van der Waals surface area contributed by atoms with Gasteiger partial charge in [-0.25, -0.2) is 8.78 Å². The minimum atomic E-state index is -2.54. The molecule has 0 heterocycles. The monoisotopic (exact) mass is 363 g/mol. The molecule has 26 heavy (non-hydrogen) atoms. The first-order valence-corrected chi connectivity index (χ1v) is 7.98. The summed E-state index contributed by atoms with van der Waals surface area (Å²) in [6.07, 6.45) is -2.54. The Morgan fingerprint density at radius 2 is 1.81 bits per heavy atom. The molecule has 6 nitrogen and oxygen atoms in total. The summed E-state index contributed by atoms with van der Waals surface area (Å²) < 4.78 is 25.1. The van der Waals surface area contributed by atoms with Crippen molar-refractivity contribution in [3.05, 3.63) is 69.3 Å². The molecule has 0 fully saturated rings. The number of nitro benzene ring substituents is 1. The smallest absolute Gasteiger partial charge is 0.293 e. The Kier molecular flexibility index (Phi) is 6.21. The van der Waals surface area contributed by atoms with Crippen LogP contribution < -0.4 is 10.6 Å².